The third kappa shape index (κ3) is 4.43. The Kier molecular flexibility index (Phi) is 5.93. The molecule has 5 nitrogen and oxygen atoms in total. The van der Waals surface area contributed by atoms with Gasteiger partial charge in [-0.1, -0.05) is 35.7 Å². The fourth-order valence-electron chi connectivity index (χ4n) is 3.45. The Morgan fingerprint density at radius 2 is 2.08 bits per heavy atom. The molecule has 0 saturated heterocycles. The number of nitrogens with zero attached hydrogens (tertiary/aromatic N) is 2. The highest BCUT2D eigenvalue weighted by molar-refractivity contribution is 7.13. The van der Waals surface area contributed by atoms with Gasteiger partial charge in [0.15, 0.2) is 5.78 Å². The van der Waals surface area contributed by atoms with Gasteiger partial charge >= 0.3 is 0 Å². The largest absolute Gasteiger partial charge is 0.411 e. The van der Waals surface area contributed by atoms with Crippen LogP contribution in [0.4, 0.5) is 0 Å². The summed E-state index contributed by atoms with van der Waals surface area (Å²) >= 11 is 1.32. The minimum atomic E-state index is 0.0242. The van der Waals surface area contributed by atoms with Crippen molar-refractivity contribution in [2.75, 3.05) is 0 Å². The molecule has 2 aromatic rings. The second-order valence-electron chi connectivity index (χ2n) is 6.80. The van der Waals surface area contributed by atoms with Crippen molar-refractivity contribution in [3.8, 4) is 0 Å². The van der Waals surface area contributed by atoms with Crippen LogP contribution in [0.2, 0.25) is 0 Å². The van der Waals surface area contributed by atoms with Crippen molar-refractivity contribution in [3.63, 3.8) is 0 Å². The second-order valence-corrected chi connectivity index (χ2v) is 7.95. The fraction of sp³-hybridized carbons (Fsp3) is 0.400. The van der Waals surface area contributed by atoms with Crippen LogP contribution in [-0.2, 0) is 17.6 Å². The van der Waals surface area contributed by atoms with Gasteiger partial charge in [0.05, 0.1) is 17.5 Å². The number of ketones is 2. The van der Waals surface area contributed by atoms with E-state index in [1.807, 2.05) is 25.1 Å². The third-order valence-corrected chi connectivity index (χ3v) is 5.68. The summed E-state index contributed by atoms with van der Waals surface area (Å²) in [6.07, 6.45) is 7.45. The normalized spacial score (nSPS) is 15.0. The molecule has 1 fully saturated rings. The lowest BCUT2D eigenvalue weighted by molar-refractivity contribution is -0.117. The molecule has 0 spiro atoms. The summed E-state index contributed by atoms with van der Waals surface area (Å²) in [5.41, 5.74) is 2.55. The Hall–Kier alpha value is -2.34. The van der Waals surface area contributed by atoms with Gasteiger partial charge in [0.2, 0.25) is 0 Å². The molecule has 0 unspecified atom stereocenters. The van der Waals surface area contributed by atoms with Crippen LogP contribution in [0.25, 0.3) is 0 Å². The molecular formula is C20H22N2O3S. The molecule has 1 N–H and O–H groups in total. The van der Waals surface area contributed by atoms with E-state index in [2.05, 4.69) is 10.1 Å². The van der Waals surface area contributed by atoms with E-state index in [1.54, 1.807) is 6.20 Å². The number of hydrogen-bond acceptors (Lipinski definition) is 6. The molecule has 1 aromatic carbocycles. The number of carbonyl (C=O) groups is 2. The molecule has 136 valence electrons. The van der Waals surface area contributed by atoms with Gasteiger partial charge in [0, 0.05) is 24.1 Å². The maximum atomic E-state index is 12.9. The molecule has 0 atom stereocenters. The van der Waals surface area contributed by atoms with E-state index < -0.39 is 0 Å². The number of oxime groups is 1. The van der Waals surface area contributed by atoms with Crippen LogP contribution in [0, 0.1) is 12.8 Å². The number of Topliss-reactive ketones (excluding diaryl/α,β-unsaturated/α-hetero) is 2. The van der Waals surface area contributed by atoms with E-state index >= 15 is 0 Å². The highest BCUT2D eigenvalue weighted by Gasteiger charge is 2.26. The first kappa shape index (κ1) is 18.5. The van der Waals surface area contributed by atoms with Crippen molar-refractivity contribution >= 4 is 29.1 Å². The first-order valence-corrected chi connectivity index (χ1v) is 9.66. The minimum absolute atomic E-state index is 0.0242. The molecule has 1 heterocycles. The van der Waals surface area contributed by atoms with E-state index in [0.717, 1.165) is 36.8 Å². The molecule has 1 saturated carbocycles. The summed E-state index contributed by atoms with van der Waals surface area (Å²) in [7, 11) is 0. The summed E-state index contributed by atoms with van der Waals surface area (Å²) in [6.45, 7) is 1.97. The summed E-state index contributed by atoms with van der Waals surface area (Å²) in [5.74, 6) is 0.311. The van der Waals surface area contributed by atoms with E-state index in [4.69, 9.17) is 5.21 Å². The van der Waals surface area contributed by atoms with Gasteiger partial charge in [-0.3, -0.25) is 9.59 Å². The Labute approximate surface area is 156 Å². The van der Waals surface area contributed by atoms with Crippen LogP contribution < -0.4 is 0 Å². The molecule has 0 amide bonds. The molecule has 6 heteroatoms. The number of aryl methyl sites for hydroxylation is 1. The molecule has 1 aromatic heterocycles. The number of aromatic nitrogens is 1. The van der Waals surface area contributed by atoms with Gasteiger partial charge in [0.1, 0.15) is 10.8 Å². The van der Waals surface area contributed by atoms with Gasteiger partial charge < -0.3 is 5.21 Å². The Morgan fingerprint density at radius 1 is 1.31 bits per heavy atom. The second kappa shape index (κ2) is 8.36. The van der Waals surface area contributed by atoms with Gasteiger partial charge in [0.25, 0.3) is 0 Å². The number of benzene rings is 1. The smallest absolute Gasteiger partial charge is 0.166 e. The van der Waals surface area contributed by atoms with Crippen molar-refractivity contribution in [1.82, 2.24) is 4.98 Å². The Bertz CT molecular complexity index is 835. The van der Waals surface area contributed by atoms with Crippen LogP contribution >= 0.6 is 11.3 Å². The molecule has 3 rings (SSSR count). The molecule has 0 bridgehead atoms. The summed E-state index contributed by atoms with van der Waals surface area (Å²) < 4.78 is 0. The standard InChI is InChI=1S/C20H22N2O3S/c1-13-6-7-15(18(8-13)20(24)14-4-2-3-5-14)9-16(23)10-19-21-11-17(26-19)12-22-25/h6-8,11-12,14,25H,2-5,9-10H2,1H3. The average molecular weight is 370 g/mol. The molecule has 0 radical (unpaired) electrons. The van der Waals surface area contributed by atoms with Gasteiger partial charge in [-0.05, 0) is 31.4 Å². The van der Waals surface area contributed by atoms with E-state index in [-0.39, 0.29) is 30.3 Å². The van der Waals surface area contributed by atoms with Crippen molar-refractivity contribution in [3.05, 3.63) is 51.0 Å². The quantitative estimate of drug-likeness (QED) is 0.346. The highest BCUT2D eigenvalue weighted by atomic mass is 32.1. The van der Waals surface area contributed by atoms with Crippen molar-refractivity contribution in [2.45, 2.75) is 45.4 Å². The molecule has 1 aliphatic carbocycles. The Morgan fingerprint density at radius 3 is 2.81 bits per heavy atom. The van der Waals surface area contributed by atoms with E-state index in [0.29, 0.717) is 15.4 Å². The van der Waals surface area contributed by atoms with Crippen LogP contribution in [0.5, 0.6) is 0 Å². The lowest BCUT2D eigenvalue weighted by Crippen LogP contribution is -2.16. The minimum Gasteiger partial charge on any atom is -0.411 e. The molecule has 0 aliphatic heterocycles. The number of rotatable bonds is 7. The SMILES string of the molecule is Cc1ccc(CC(=O)Cc2ncc(C=NO)s2)c(C(=O)C2CCCC2)c1. The summed E-state index contributed by atoms with van der Waals surface area (Å²) in [5, 5.41) is 12.2. The highest BCUT2D eigenvalue weighted by Crippen LogP contribution is 2.29. The van der Waals surface area contributed by atoms with Gasteiger partial charge in [-0.15, -0.1) is 11.3 Å². The van der Waals surface area contributed by atoms with Gasteiger partial charge in [-0.25, -0.2) is 4.98 Å². The number of thiazole rings is 1. The zero-order chi connectivity index (χ0) is 18.5. The van der Waals surface area contributed by atoms with Crippen LogP contribution in [0.1, 0.15) is 57.1 Å². The topological polar surface area (TPSA) is 79.6 Å². The predicted molar refractivity (Wildman–Crippen MR) is 101 cm³/mol. The molecular weight excluding hydrogens is 348 g/mol. The molecule has 1 aliphatic rings. The molecule has 26 heavy (non-hydrogen) atoms. The van der Waals surface area contributed by atoms with Crippen LogP contribution in [-0.4, -0.2) is 28.0 Å². The predicted octanol–water partition coefficient (Wildman–Crippen LogP) is 3.99. The first-order chi connectivity index (χ1) is 12.6. The summed E-state index contributed by atoms with van der Waals surface area (Å²) in [6, 6.07) is 5.77. The average Bonchev–Trinajstić information content (AvgIpc) is 3.28. The van der Waals surface area contributed by atoms with E-state index in [1.165, 1.54) is 17.6 Å². The maximum Gasteiger partial charge on any atom is 0.166 e. The van der Waals surface area contributed by atoms with Gasteiger partial charge in [-0.2, -0.15) is 0 Å². The first-order valence-electron chi connectivity index (χ1n) is 8.84. The number of hydrogen-bond donors (Lipinski definition) is 1. The van der Waals surface area contributed by atoms with Crippen LogP contribution in [0.15, 0.2) is 29.6 Å². The van der Waals surface area contributed by atoms with Crippen molar-refractivity contribution < 1.29 is 14.8 Å². The zero-order valence-corrected chi connectivity index (χ0v) is 15.6. The van der Waals surface area contributed by atoms with Crippen LogP contribution in [0.3, 0.4) is 0 Å². The maximum absolute atomic E-state index is 12.9. The van der Waals surface area contributed by atoms with Crippen molar-refractivity contribution in [2.24, 2.45) is 11.1 Å². The summed E-state index contributed by atoms with van der Waals surface area (Å²) in [4.78, 5) is 30.3. The monoisotopic (exact) mass is 370 g/mol. The Balaban J connectivity index is 1.73. The fourth-order valence-corrected chi connectivity index (χ4v) is 4.26. The number of carbonyl (C=O) groups excluding carboxylic acids is 2. The zero-order valence-electron chi connectivity index (χ0n) is 14.8. The third-order valence-electron chi connectivity index (χ3n) is 4.75. The lowest BCUT2D eigenvalue weighted by atomic mass is 9.90. The van der Waals surface area contributed by atoms with Crippen molar-refractivity contribution in [1.29, 1.82) is 0 Å². The lowest BCUT2D eigenvalue weighted by Gasteiger charge is -2.13. The van der Waals surface area contributed by atoms with E-state index in [9.17, 15) is 9.59 Å².